The van der Waals surface area contributed by atoms with E-state index < -0.39 is 0 Å². The molecule has 0 aromatic carbocycles. The molecule has 1 aromatic rings. The molecule has 6 heteroatoms. The third kappa shape index (κ3) is 1.95. The van der Waals surface area contributed by atoms with Crippen molar-refractivity contribution in [2.45, 2.75) is 0 Å². The predicted molar refractivity (Wildman–Crippen MR) is 34.1 cm³/mol. The van der Waals surface area contributed by atoms with Crippen LogP contribution < -0.4 is 0 Å². The molecule has 0 spiro atoms. The second-order valence-corrected chi connectivity index (χ2v) is 1.14. The number of hydrogen-bond acceptors (Lipinski definition) is 4. The topological polar surface area (TPSA) is 54.5 Å². The number of aromatic amines is 1. The van der Waals surface area contributed by atoms with Gasteiger partial charge in [-0.3, -0.25) is 0 Å². The quantitative estimate of drug-likeness (QED) is 0.395. The van der Waals surface area contributed by atoms with Gasteiger partial charge in [0.2, 0.25) is 0 Å². The van der Waals surface area contributed by atoms with Gasteiger partial charge < -0.3 is 0 Å². The number of rotatable bonds is 1. The molecule has 0 amide bonds. The van der Waals surface area contributed by atoms with E-state index in [0.717, 1.165) is 0 Å². The van der Waals surface area contributed by atoms with Gasteiger partial charge in [-0.15, -0.1) is 5.10 Å². The summed E-state index contributed by atoms with van der Waals surface area (Å²) in [5.41, 5.74) is 0. The molecule has 0 aliphatic heterocycles. The monoisotopic (exact) mass is 138 g/mol. The molecule has 4 nitrogen and oxygen atoms in total. The van der Waals surface area contributed by atoms with Crippen molar-refractivity contribution in [3.63, 3.8) is 0 Å². The van der Waals surface area contributed by atoms with Crippen LogP contribution in [0.3, 0.4) is 0 Å². The van der Waals surface area contributed by atoms with Crippen molar-refractivity contribution in [1.29, 1.82) is 0 Å². The summed E-state index contributed by atoms with van der Waals surface area (Å²) in [6.07, 6.45) is 0. The van der Waals surface area contributed by atoms with Crippen LogP contribution in [-0.4, -0.2) is 55.5 Å². The van der Waals surface area contributed by atoms with Crippen molar-refractivity contribution in [1.82, 2.24) is 20.6 Å². The van der Waals surface area contributed by atoms with Gasteiger partial charge in [-0.25, -0.2) is 5.10 Å². The van der Waals surface area contributed by atoms with Crippen LogP contribution in [0.1, 0.15) is 5.82 Å². The molecule has 0 bridgehead atoms. The van der Waals surface area contributed by atoms with Crippen LogP contribution in [0.4, 0.5) is 0 Å². The summed E-state index contributed by atoms with van der Waals surface area (Å²) < 4.78 is 0. The fourth-order valence-electron chi connectivity index (χ4n) is 0.216. The van der Waals surface area contributed by atoms with Gasteiger partial charge in [0.1, 0.15) is 0 Å². The zero-order chi connectivity index (χ0) is 5.11. The zero-order valence-electron chi connectivity index (χ0n) is 3.33. The van der Waals surface area contributed by atoms with Crippen LogP contribution >= 0.6 is 12.2 Å². The third-order valence-electron chi connectivity index (χ3n) is 0.473. The molecule has 1 aromatic heterocycles. The maximum atomic E-state index is 4.47. The molecule has 8 heavy (non-hydrogen) atoms. The summed E-state index contributed by atoms with van der Waals surface area (Å²) >= 11 is 4.47. The molecule has 1 heterocycles. The van der Waals surface area contributed by atoms with Gasteiger partial charge in [-0.2, -0.15) is 0 Å². The average molecular weight is 138 g/mol. The molecule has 0 saturated heterocycles. The van der Waals surface area contributed by atoms with E-state index in [-0.39, 0.29) is 29.6 Å². The Morgan fingerprint density at radius 2 is 2.38 bits per heavy atom. The fraction of sp³-hybridized carbons (Fsp3) is 0. The van der Waals surface area contributed by atoms with Crippen molar-refractivity contribution in [3.8, 4) is 0 Å². The summed E-state index contributed by atoms with van der Waals surface area (Å²) in [5, 5.41) is 13.8. The van der Waals surface area contributed by atoms with Crippen molar-refractivity contribution in [2.75, 3.05) is 0 Å². The van der Waals surface area contributed by atoms with E-state index in [1.807, 2.05) is 0 Å². The first kappa shape index (κ1) is 8.16. The molecule has 0 atom stereocenters. The number of nitrogens with zero attached hydrogens (tertiary/aromatic N) is 3. The summed E-state index contributed by atoms with van der Waals surface area (Å²) in [6, 6.07) is 0. The Morgan fingerprint density at radius 1 is 1.62 bits per heavy atom. The van der Waals surface area contributed by atoms with Crippen molar-refractivity contribution < 1.29 is 0 Å². The Hall–Kier alpha value is 0.160. The molecule has 0 saturated carbocycles. The second kappa shape index (κ2) is 4.08. The molecule has 0 aliphatic carbocycles. The van der Waals surface area contributed by atoms with E-state index >= 15 is 0 Å². The molecule has 0 radical (unpaired) electrons. The predicted octanol–water partition coefficient (Wildman–Crippen LogP) is -1.10. The van der Waals surface area contributed by atoms with E-state index in [2.05, 4.69) is 32.8 Å². The normalized spacial score (nSPS) is 7.50. The number of tetrazole rings is 1. The van der Waals surface area contributed by atoms with Gasteiger partial charge in [0.05, 0.1) is 0 Å². The molecule has 0 aliphatic rings. The van der Waals surface area contributed by atoms with E-state index in [4.69, 9.17) is 0 Å². The molecule has 1 rings (SSSR count). The van der Waals surface area contributed by atoms with Gasteiger partial charge in [0.15, 0.2) is 5.82 Å². The van der Waals surface area contributed by atoms with E-state index in [1.165, 1.54) is 5.37 Å². The summed E-state index contributed by atoms with van der Waals surface area (Å²) in [4.78, 5) is 0. The van der Waals surface area contributed by atoms with Crippen LogP contribution in [0.2, 0.25) is 0 Å². The minimum atomic E-state index is 0. The van der Waals surface area contributed by atoms with Crippen LogP contribution in [0.5, 0.6) is 0 Å². The Labute approximate surface area is 73.3 Å². The fourth-order valence-corrected chi connectivity index (χ4v) is 0.316. The van der Waals surface area contributed by atoms with E-state index in [0.29, 0.717) is 5.82 Å². The van der Waals surface area contributed by atoms with Gasteiger partial charge in [0, 0.05) is 5.37 Å². The van der Waals surface area contributed by atoms with E-state index in [9.17, 15) is 0 Å². The molecule has 38 valence electrons. The van der Waals surface area contributed by atoms with Crippen LogP contribution in [0, 0.1) is 0 Å². The van der Waals surface area contributed by atoms with Crippen LogP contribution in [0.15, 0.2) is 0 Å². The number of nitrogens with one attached hydrogen (secondary N) is 1. The molecular formula is C2H3N4NaS. The number of aromatic nitrogens is 4. The van der Waals surface area contributed by atoms with Gasteiger partial charge in [-0.05, 0) is 10.4 Å². The second-order valence-electron chi connectivity index (χ2n) is 0.904. The Balaban J connectivity index is 0.000000490. The summed E-state index contributed by atoms with van der Waals surface area (Å²) in [7, 11) is 0. The zero-order valence-corrected chi connectivity index (χ0v) is 4.14. The Kier molecular flexibility index (Phi) is 4.16. The molecule has 0 fully saturated rings. The van der Waals surface area contributed by atoms with Gasteiger partial charge in [0.25, 0.3) is 0 Å². The minimum absolute atomic E-state index is 0. The van der Waals surface area contributed by atoms with Crippen molar-refractivity contribution in [2.24, 2.45) is 0 Å². The average Bonchev–Trinajstić information content (AvgIpc) is 2.14. The first-order valence-electron chi connectivity index (χ1n) is 1.62. The van der Waals surface area contributed by atoms with Crippen LogP contribution in [0.25, 0.3) is 0 Å². The standard InChI is InChI=1S/C2H2N4S.Na.H/c7-1-2-3-5-6-4-2;;/h1H,(H,3,4,5,6);;. The third-order valence-corrected chi connectivity index (χ3v) is 0.697. The summed E-state index contributed by atoms with van der Waals surface area (Å²) in [5.74, 6) is 0.523. The number of thiocarbonyl (C=S) groups is 1. The summed E-state index contributed by atoms with van der Waals surface area (Å²) in [6.45, 7) is 0. The Bertz CT molecular complexity index is 149. The molecule has 1 N–H and O–H groups in total. The van der Waals surface area contributed by atoms with Gasteiger partial charge >= 0.3 is 29.6 Å². The van der Waals surface area contributed by atoms with Gasteiger partial charge in [-0.1, -0.05) is 12.2 Å². The van der Waals surface area contributed by atoms with Crippen molar-refractivity contribution in [3.05, 3.63) is 5.82 Å². The SMILES string of the molecule is S=Cc1nnn[nH]1.[NaH]. The number of hydrogen-bond donors (Lipinski definition) is 1. The first-order valence-corrected chi connectivity index (χ1v) is 2.09. The van der Waals surface area contributed by atoms with E-state index in [1.54, 1.807) is 0 Å². The Morgan fingerprint density at radius 3 is 2.62 bits per heavy atom. The maximum absolute atomic E-state index is 4.47. The molecule has 0 unspecified atom stereocenters. The number of H-pyrrole nitrogens is 1. The molecular weight excluding hydrogens is 135 g/mol. The van der Waals surface area contributed by atoms with Crippen LogP contribution in [-0.2, 0) is 0 Å². The first-order chi connectivity index (χ1) is 3.43. The van der Waals surface area contributed by atoms with Crippen molar-refractivity contribution >= 4 is 47.1 Å².